The summed E-state index contributed by atoms with van der Waals surface area (Å²) < 4.78 is 0. The van der Waals surface area contributed by atoms with Gasteiger partial charge in [-0.05, 0) is 44.1 Å². The van der Waals surface area contributed by atoms with Crippen molar-refractivity contribution < 1.29 is 0 Å². The topological polar surface area (TPSA) is 0 Å². The highest BCUT2D eigenvalue weighted by Gasteiger charge is 2.29. The minimum Gasteiger partial charge on any atom is -0.0622 e. The summed E-state index contributed by atoms with van der Waals surface area (Å²) in [6.07, 6.45) is 0. The predicted molar refractivity (Wildman–Crippen MR) is 145 cm³/mol. The fraction of sp³-hybridized carbons (Fsp3) is 0.387. The zero-order valence-electron chi connectivity index (χ0n) is 21.4. The van der Waals surface area contributed by atoms with E-state index >= 15 is 0 Å². The van der Waals surface area contributed by atoms with Crippen LogP contribution in [0.25, 0.3) is 0 Å². The Kier molecular flexibility index (Phi) is 6.88. The van der Waals surface area contributed by atoms with Gasteiger partial charge in [0.05, 0.1) is 0 Å². The molecule has 0 heterocycles. The third-order valence-electron chi connectivity index (χ3n) is 5.91. The molecule has 0 fully saturated rings. The zero-order chi connectivity index (χ0) is 23.7. The van der Waals surface area contributed by atoms with E-state index in [9.17, 15) is 0 Å². The molecule has 0 saturated heterocycles. The second-order valence-electron chi connectivity index (χ2n) is 11.9. The maximum atomic E-state index is 2.48. The second-order valence-corrected chi connectivity index (χ2v) is 13.0. The number of benzene rings is 3. The molecule has 0 saturated carbocycles. The van der Waals surface area contributed by atoms with Crippen LogP contribution in [0, 0.1) is 0 Å². The summed E-state index contributed by atoms with van der Waals surface area (Å²) in [5.41, 5.74) is 7.15. The van der Waals surface area contributed by atoms with Gasteiger partial charge in [0.15, 0.2) is 0 Å². The van der Waals surface area contributed by atoms with E-state index in [1.165, 1.54) is 46.6 Å². The van der Waals surface area contributed by atoms with E-state index in [-0.39, 0.29) is 16.2 Å². The third-order valence-corrected chi connectivity index (χ3v) is 7.36. The van der Waals surface area contributed by atoms with Gasteiger partial charge in [0, 0.05) is 10.6 Å². The SMILES string of the molecule is CC(C)(C)c1cc(C(C)(C)C)c(P=C(c2ccccc2)c2ccccc2)c(C(C)(C)C)c1. The molecule has 0 radical (unpaired) electrons. The van der Waals surface area contributed by atoms with E-state index in [1.54, 1.807) is 0 Å². The van der Waals surface area contributed by atoms with Crippen LogP contribution < -0.4 is 5.30 Å². The van der Waals surface area contributed by atoms with Gasteiger partial charge in [0.25, 0.3) is 0 Å². The molecule has 0 nitrogen and oxygen atoms in total. The average molecular weight is 443 g/mol. The van der Waals surface area contributed by atoms with Crippen LogP contribution >= 0.6 is 8.20 Å². The molecule has 0 N–H and O–H groups in total. The van der Waals surface area contributed by atoms with E-state index in [0.29, 0.717) is 0 Å². The zero-order valence-corrected chi connectivity index (χ0v) is 22.3. The summed E-state index contributed by atoms with van der Waals surface area (Å²) in [7, 11) is 1.26. The summed E-state index contributed by atoms with van der Waals surface area (Å²) in [6, 6.07) is 26.7. The number of hydrogen-bond donors (Lipinski definition) is 0. The lowest BCUT2D eigenvalue weighted by Gasteiger charge is -2.32. The molecule has 0 spiro atoms. The Morgan fingerprint density at radius 2 is 0.906 bits per heavy atom. The van der Waals surface area contributed by atoms with E-state index < -0.39 is 0 Å². The molecular weight excluding hydrogens is 403 g/mol. The highest BCUT2D eigenvalue weighted by atomic mass is 31.1. The first kappa shape index (κ1) is 24.5. The molecule has 0 amide bonds. The van der Waals surface area contributed by atoms with Crippen LogP contribution in [0.5, 0.6) is 0 Å². The van der Waals surface area contributed by atoms with Gasteiger partial charge in [-0.1, -0.05) is 143 Å². The Labute approximate surface area is 197 Å². The van der Waals surface area contributed by atoms with Gasteiger partial charge in [-0.25, -0.2) is 0 Å². The van der Waals surface area contributed by atoms with Crippen LogP contribution in [0.3, 0.4) is 0 Å². The van der Waals surface area contributed by atoms with Crippen molar-refractivity contribution in [1.82, 2.24) is 0 Å². The smallest absolute Gasteiger partial charge is 0.0169 e. The highest BCUT2D eigenvalue weighted by molar-refractivity contribution is 7.50. The average Bonchev–Trinajstić information content (AvgIpc) is 2.70. The molecule has 0 unspecified atom stereocenters. The van der Waals surface area contributed by atoms with Crippen LogP contribution in [-0.2, 0) is 16.2 Å². The van der Waals surface area contributed by atoms with Crippen molar-refractivity contribution in [1.29, 1.82) is 0 Å². The van der Waals surface area contributed by atoms with E-state index in [2.05, 4.69) is 135 Å². The van der Waals surface area contributed by atoms with Crippen molar-refractivity contribution in [3.63, 3.8) is 0 Å². The Morgan fingerprint density at radius 3 is 1.22 bits per heavy atom. The molecule has 3 aromatic carbocycles. The number of hydrogen-bond acceptors (Lipinski definition) is 0. The summed E-state index contributed by atoms with van der Waals surface area (Å²) >= 11 is 0. The van der Waals surface area contributed by atoms with Gasteiger partial charge in [-0.15, -0.1) is 0 Å². The Balaban J connectivity index is 2.44. The van der Waals surface area contributed by atoms with Gasteiger partial charge in [-0.3, -0.25) is 0 Å². The quantitative estimate of drug-likeness (QED) is 0.357. The molecule has 0 atom stereocenters. The Bertz CT molecular complexity index is 1010. The summed E-state index contributed by atoms with van der Waals surface area (Å²) in [5, 5.41) is 2.83. The molecule has 3 aromatic rings. The second kappa shape index (κ2) is 8.99. The molecule has 3 rings (SSSR count). The fourth-order valence-electron chi connectivity index (χ4n) is 3.93. The first-order valence-corrected chi connectivity index (χ1v) is 12.6. The van der Waals surface area contributed by atoms with Crippen molar-refractivity contribution in [3.8, 4) is 0 Å². The normalized spacial score (nSPS) is 12.8. The van der Waals surface area contributed by atoms with Crippen molar-refractivity contribution in [2.45, 2.75) is 78.6 Å². The van der Waals surface area contributed by atoms with Crippen LogP contribution in [-0.4, -0.2) is 5.29 Å². The van der Waals surface area contributed by atoms with Crippen molar-refractivity contribution in [3.05, 3.63) is 101 Å². The first-order chi connectivity index (χ1) is 14.8. The lowest BCUT2D eigenvalue weighted by Crippen LogP contribution is -2.30. The van der Waals surface area contributed by atoms with Crippen LogP contribution in [0.15, 0.2) is 72.8 Å². The lowest BCUT2D eigenvalue weighted by molar-refractivity contribution is 0.554. The Hall–Kier alpha value is -2.17. The van der Waals surface area contributed by atoms with Gasteiger partial charge in [-0.2, -0.15) is 0 Å². The van der Waals surface area contributed by atoms with Gasteiger partial charge in [0.1, 0.15) is 0 Å². The van der Waals surface area contributed by atoms with E-state index in [0.717, 1.165) is 0 Å². The van der Waals surface area contributed by atoms with Gasteiger partial charge < -0.3 is 0 Å². The maximum Gasteiger partial charge on any atom is 0.0169 e. The van der Waals surface area contributed by atoms with E-state index in [1.807, 2.05) is 0 Å². The summed E-state index contributed by atoms with van der Waals surface area (Å²) in [4.78, 5) is 0. The monoisotopic (exact) mass is 442 g/mol. The van der Waals surface area contributed by atoms with Crippen molar-refractivity contribution in [2.75, 3.05) is 0 Å². The molecule has 0 bridgehead atoms. The van der Waals surface area contributed by atoms with Gasteiger partial charge in [0.2, 0.25) is 0 Å². The maximum absolute atomic E-state index is 2.48. The standard InChI is InChI=1S/C31H39P/c1-29(2,3)24-20-25(30(4,5)6)28(26(21-24)31(7,8)9)32-27(22-16-12-10-13-17-22)23-18-14-11-15-19-23/h10-21H,1-9H3. The highest BCUT2D eigenvalue weighted by Crippen LogP contribution is 2.36. The van der Waals surface area contributed by atoms with Crippen molar-refractivity contribution in [2.24, 2.45) is 0 Å². The Morgan fingerprint density at radius 1 is 0.531 bits per heavy atom. The van der Waals surface area contributed by atoms with Gasteiger partial charge >= 0.3 is 0 Å². The van der Waals surface area contributed by atoms with E-state index in [4.69, 9.17) is 0 Å². The van der Waals surface area contributed by atoms with Crippen molar-refractivity contribution >= 4 is 18.8 Å². The minimum absolute atomic E-state index is 0.0576. The molecule has 0 aliphatic heterocycles. The third kappa shape index (κ3) is 5.60. The van der Waals surface area contributed by atoms with Crippen LogP contribution in [0.4, 0.5) is 0 Å². The van der Waals surface area contributed by atoms with Crippen LogP contribution in [0.2, 0.25) is 0 Å². The number of rotatable bonds is 3. The lowest BCUT2D eigenvalue weighted by atomic mass is 9.75. The predicted octanol–water partition coefficient (Wildman–Crippen LogP) is 8.42. The molecule has 0 aliphatic carbocycles. The summed E-state index contributed by atoms with van der Waals surface area (Å²) in [6.45, 7) is 21.1. The molecule has 168 valence electrons. The van der Waals surface area contributed by atoms with Crippen LogP contribution in [0.1, 0.15) is 90.1 Å². The molecule has 0 aromatic heterocycles. The molecule has 32 heavy (non-hydrogen) atoms. The largest absolute Gasteiger partial charge is 0.0622 e. The summed E-state index contributed by atoms with van der Waals surface area (Å²) in [5.74, 6) is 0. The minimum atomic E-state index is 0.0576. The first-order valence-electron chi connectivity index (χ1n) is 11.7. The fourth-order valence-corrected chi connectivity index (χ4v) is 5.75. The molecular formula is C31H39P. The molecule has 0 aliphatic rings. The molecule has 1 heteroatoms.